The molecule has 6 nitrogen and oxygen atoms in total. The number of carbonyl (C=O) groups is 1. The molecular weight excluding hydrogens is 380 g/mol. The van der Waals surface area contributed by atoms with Crippen LogP contribution in [0.1, 0.15) is 30.4 Å². The molecule has 0 unspecified atom stereocenters. The highest BCUT2D eigenvalue weighted by Crippen LogP contribution is 2.45. The number of nitrogens with zero attached hydrogens (tertiary/aromatic N) is 2. The molecule has 2 aromatic carbocycles. The topological polar surface area (TPSA) is 51.2 Å². The Bertz CT molecular complexity index is 919. The van der Waals surface area contributed by atoms with Crippen LogP contribution in [0, 0.1) is 0 Å². The fraction of sp³-hybridized carbons (Fsp3) is 0.458. The minimum Gasteiger partial charge on any atom is -0.496 e. The summed E-state index contributed by atoms with van der Waals surface area (Å²) in [6, 6.07) is 16.3. The first-order chi connectivity index (χ1) is 14.7. The number of benzene rings is 2. The van der Waals surface area contributed by atoms with E-state index in [1.54, 1.807) is 7.11 Å². The summed E-state index contributed by atoms with van der Waals surface area (Å²) < 4.78 is 17.8. The molecule has 3 aliphatic heterocycles. The maximum atomic E-state index is 12.5. The second kappa shape index (κ2) is 7.93. The lowest BCUT2D eigenvalue weighted by atomic mass is 10.0. The molecule has 0 aliphatic carbocycles. The van der Waals surface area contributed by atoms with E-state index in [9.17, 15) is 4.79 Å². The van der Waals surface area contributed by atoms with Gasteiger partial charge in [0.2, 0.25) is 5.91 Å². The third kappa shape index (κ3) is 3.34. The van der Waals surface area contributed by atoms with Crippen molar-refractivity contribution in [1.29, 1.82) is 0 Å². The van der Waals surface area contributed by atoms with E-state index in [4.69, 9.17) is 14.2 Å². The maximum absolute atomic E-state index is 12.5. The molecule has 0 N–H and O–H groups in total. The average Bonchev–Trinajstić information content (AvgIpc) is 3.26. The van der Waals surface area contributed by atoms with Crippen molar-refractivity contribution in [2.45, 2.75) is 44.2 Å². The largest absolute Gasteiger partial charge is 0.496 e. The summed E-state index contributed by atoms with van der Waals surface area (Å²) in [6.45, 7) is 3.74. The van der Waals surface area contributed by atoms with Crippen molar-refractivity contribution in [3.05, 3.63) is 59.7 Å². The number of ether oxygens (including phenoxy) is 3. The predicted molar refractivity (Wildman–Crippen MR) is 112 cm³/mol. The number of hydrogen-bond acceptors (Lipinski definition) is 5. The van der Waals surface area contributed by atoms with Gasteiger partial charge in [-0.15, -0.1) is 0 Å². The van der Waals surface area contributed by atoms with Gasteiger partial charge in [0, 0.05) is 44.1 Å². The molecule has 1 amide bonds. The second-order valence-corrected chi connectivity index (χ2v) is 8.28. The van der Waals surface area contributed by atoms with Gasteiger partial charge in [-0.25, -0.2) is 0 Å². The van der Waals surface area contributed by atoms with E-state index in [2.05, 4.69) is 11.0 Å². The fourth-order valence-electron chi connectivity index (χ4n) is 5.13. The Morgan fingerprint density at radius 2 is 2.03 bits per heavy atom. The molecule has 0 aromatic heterocycles. The molecule has 5 rings (SSSR count). The molecule has 30 heavy (non-hydrogen) atoms. The van der Waals surface area contributed by atoms with Crippen LogP contribution in [-0.4, -0.2) is 54.3 Å². The van der Waals surface area contributed by atoms with Crippen LogP contribution in [0.3, 0.4) is 0 Å². The van der Waals surface area contributed by atoms with Gasteiger partial charge in [-0.1, -0.05) is 36.4 Å². The molecule has 3 fully saturated rings. The van der Waals surface area contributed by atoms with Crippen LogP contribution in [0.15, 0.2) is 48.5 Å². The summed E-state index contributed by atoms with van der Waals surface area (Å²) in [5.41, 5.74) is 1.82. The number of carbonyl (C=O) groups excluding carboxylic acids is 1. The van der Waals surface area contributed by atoms with Crippen LogP contribution in [0.5, 0.6) is 11.5 Å². The highest BCUT2D eigenvalue weighted by Gasteiger charge is 2.60. The van der Waals surface area contributed by atoms with E-state index in [1.165, 1.54) is 0 Å². The monoisotopic (exact) mass is 408 g/mol. The first-order valence-electron chi connectivity index (χ1n) is 10.7. The van der Waals surface area contributed by atoms with Crippen molar-refractivity contribution in [2.24, 2.45) is 0 Å². The van der Waals surface area contributed by atoms with Crippen molar-refractivity contribution in [2.75, 3.05) is 26.8 Å². The summed E-state index contributed by atoms with van der Waals surface area (Å²) >= 11 is 0. The number of methoxy groups -OCH3 is 1. The molecule has 2 aromatic rings. The van der Waals surface area contributed by atoms with Crippen LogP contribution in [0.4, 0.5) is 0 Å². The van der Waals surface area contributed by atoms with Crippen LogP contribution < -0.4 is 9.47 Å². The standard InChI is InChI=1S/C24H28N2O4/c1-28-21-14-20(29-17-18-6-3-2-4-7-18)9-8-19(21)16-25-12-10-24-22(25)15-23(27)26(24)11-5-13-30-24/h2-4,6-9,14,22H,5,10-13,15-17H2,1H3/t22-,24+/m1/s1. The van der Waals surface area contributed by atoms with Gasteiger partial charge in [-0.3, -0.25) is 9.69 Å². The molecule has 0 bridgehead atoms. The third-order valence-electron chi connectivity index (χ3n) is 6.60. The highest BCUT2D eigenvalue weighted by atomic mass is 16.5. The number of hydrogen-bond donors (Lipinski definition) is 0. The lowest BCUT2D eigenvalue weighted by Gasteiger charge is -2.42. The Kier molecular flexibility index (Phi) is 5.13. The zero-order chi connectivity index (χ0) is 20.6. The van der Waals surface area contributed by atoms with E-state index in [1.807, 2.05) is 47.4 Å². The minimum atomic E-state index is -0.415. The molecule has 0 radical (unpaired) electrons. The molecule has 2 atom stereocenters. The molecule has 3 saturated heterocycles. The third-order valence-corrected chi connectivity index (χ3v) is 6.60. The SMILES string of the molecule is COc1cc(OCc2ccccc2)ccc1CN1CC[C@@]23OCCCN2C(=O)C[C@@H]13. The molecular formula is C24H28N2O4. The summed E-state index contributed by atoms with van der Waals surface area (Å²) in [5.74, 6) is 1.82. The number of likely N-dealkylation sites (tertiary alicyclic amines) is 1. The first-order valence-corrected chi connectivity index (χ1v) is 10.7. The van der Waals surface area contributed by atoms with Gasteiger partial charge in [0.15, 0.2) is 5.72 Å². The zero-order valence-corrected chi connectivity index (χ0v) is 17.4. The normalized spacial score (nSPS) is 25.8. The molecule has 0 saturated carbocycles. The van der Waals surface area contributed by atoms with Crippen LogP contribution in [-0.2, 0) is 22.7 Å². The second-order valence-electron chi connectivity index (χ2n) is 8.28. The molecule has 3 aliphatic rings. The molecule has 3 heterocycles. The maximum Gasteiger partial charge on any atom is 0.226 e. The molecule has 158 valence electrons. The van der Waals surface area contributed by atoms with Gasteiger partial charge in [-0.2, -0.15) is 0 Å². The van der Waals surface area contributed by atoms with E-state index >= 15 is 0 Å². The number of amides is 1. The Morgan fingerprint density at radius 1 is 1.17 bits per heavy atom. The Balaban J connectivity index is 1.30. The van der Waals surface area contributed by atoms with Crippen LogP contribution in [0.2, 0.25) is 0 Å². The van der Waals surface area contributed by atoms with Gasteiger partial charge in [0.05, 0.1) is 19.8 Å². The van der Waals surface area contributed by atoms with Gasteiger partial charge < -0.3 is 19.1 Å². The first kappa shape index (κ1) is 19.4. The summed E-state index contributed by atoms with van der Waals surface area (Å²) in [5, 5.41) is 0. The quantitative estimate of drug-likeness (QED) is 0.735. The lowest BCUT2D eigenvalue weighted by molar-refractivity contribution is -0.180. The zero-order valence-electron chi connectivity index (χ0n) is 17.4. The Morgan fingerprint density at radius 3 is 2.87 bits per heavy atom. The van der Waals surface area contributed by atoms with E-state index in [0.29, 0.717) is 13.0 Å². The molecule has 1 spiro atoms. The smallest absolute Gasteiger partial charge is 0.226 e. The van der Waals surface area contributed by atoms with Crippen molar-refractivity contribution >= 4 is 5.91 Å². The van der Waals surface area contributed by atoms with Gasteiger partial charge in [-0.05, 0) is 18.1 Å². The van der Waals surface area contributed by atoms with Crippen molar-refractivity contribution in [1.82, 2.24) is 9.80 Å². The Labute approximate surface area is 177 Å². The van der Waals surface area contributed by atoms with E-state index < -0.39 is 5.72 Å². The van der Waals surface area contributed by atoms with Crippen molar-refractivity contribution in [3.8, 4) is 11.5 Å². The summed E-state index contributed by atoms with van der Waals surface area (Å²) in [4.78, 5) is 16.9. The fourth-order valence-corrected chi connectivity index (χ4v) is 5.13. The summed E-state index contributed by atoms with van der Waals surface area (Å²) in [6.07, 6.45) is 2.35. The van der Waals surface area contributed by atoms with E-state index in [0.717, 1.165) is 61.7 Å². The average molecular weight is 408 g/mol. The van der Waals surface area contributed by atoms with Gasteiger partial charge in [0.25, 0.3) is 0 Å². The minimum absolute atomic E-state index is 0.115. The number of rotatable bonds is 6. The summed E-state index contributed by atoms with van der Waals surface area (Å²) in [7, 11) is 1.69. The van der Waals surface area contributed by atoms with Crippen LogP contribution >= 0.6 is 0 Å². The van der Waals surface area contributed by atoms with Gasteiger partial charge >= 0.3 is 0 Å². The van der Waals surface area contributed by atoms with Crippen molar-refractivity contribution < 1.29 is 19.0 Å². The Hall–Kier alpha value is -2.57. The van der Waals surface area contributed by atoms with Gasteiger partial charge in [0.1, 0.15) is 18.1 Å². The lowest BCUT2D eigenvalue weighted by Crippen LogP contribution is -2.56. The van der Waals surface area contributed by atoms with Crippen molar-refractivity contribution in [3.63, 3.8) is 0 Å². The van der Waals surface area contributed by atoms with Crippen LogP contribution in [0.25, 0.3) is 0 Å². The highest BCUT2D eigenvalue weighted by molar-refractivity contribution is 5.81. The van der Waals surface area contributed by atoms with E-state index in [-0.39, 0.29) is 11.9 Å². The molecule has 6 heteroatoms. The predicted octanol–water partition coefficient (Wildman–Crippen LogP) is 3.20.